The van der Waals surface area contributed by atoms with Gasteiger partial charge in [-0.2, -0.15) is 0 Å². The predicted octanol–water partition coefficient (Wildman–Crippen LogP) is -0.496. The third-order valence-electron chi connectivity index (χ3n) is 3.22. The average Bonchev–Trinajstić information content (AvgIpc) is 2.84. The quantitative estimate of drug-likeness (QED) is 0.568. The monoisotopic (exact) mass is 282 g/mol. The van der Waals surface area contributed by atoms with Gasteiger partial charge in [0.2, 0.25) is 5.91 Å². The number of nitro groups is 1. The van der Waals surface area contributed by atoms with E-state index in [-0.39, 0.29) is 12.6 Å². The van der Waals surface area contributed by atoms with E-state index in [4.69, 9.17) is 0 Å². The largest absolute Gasteiger partial charge is 0.352 e. The molecule has 9 nitrogen and oxygen atoms in total. The summed E-state index contributed by atoms with van der Waals surface area (Å²) < 4.78 is 0.823. The van der Waals surface area contributed by atoms with Gasteiger partial charge in [-0.3, -0.25) is 29.3 Å². The first kappa shape index (κ1) is 14.0. The smallest absolute Gasteiger partial charge is 0.350 e. The van der Waals surface area contributed by atoms with Crippen molar-refractivity contribution in [2.75, 3.05) is 0 Å². The van der Waals surface area contributed by atoms with Crippen LogP contribution in [0.2, 0.25) is 0 Å². The zero-order valence-electron chi connectivity index (χ0n) is 10.6. The molecule has 1 saturated carbocycles. The highest BCUT2D eigenvalue weighted by Crippen LogP contribution is 2.17. The maximum Gasteiger partial charge on any atom is 0.350 e. The Kier molecular flexibility index (Phi) is 3.97. The van der Waals surface area contributed by atoms with E-state index >= 15 is 0 Å². The lowest BCUT2D eigenvalue weighted by Gasteiger charge is -2.12. The van der Waals surface area contributed by atoms with Crippen molar-refractivity contribution in [2.45, 2.75) is 38.3 Å². The van der Waals surface area contributed by atoms with Crippen LogP contribution in [0, 0.1) is 10.1 Å². The van der Waals surface area contributed by atoms with Crippen molar-refractivity contribution >= 4 is 11.6 Å². The van der Waals surface area contributed by atoms with E-state index in [2.05, 4.69) is 5.32 Å². The standard InChI is InChI=1S/C11H14N4O5/c16-9(12-7-3-1-2-4-7)6-14-5-8(15(19)20)10(17)13-11(14)18/h5,7H,1-4,6H2,(H,12,16)(H,13,17,18). The normalized spacial score (nSPS) is 15.2. The molecule has 1 heterocycles. The van der Waals surface area contributed by atoms with Crippen LogP contribution >= 0.6 is 0 Å². The summed E-state index contributed by atoms with van der Waals surface area (Å²) in [7, 11) is 0. The number of carbonyl (C=O) groups is 1. The van der Waals surface area contributed by atoms with Crippen LogP contribution in [0.25, 0.3) is 0 Å². The number of H-pyrrole nitrogens is 1. The molecular formula is C11H14N4O5. The summed E-state index contributed by atoms with van der Waals surface area (Å²) >= 11 is 0. The summed E-state index contributed by atoms with van der Waals surface area (Å²) in [6.45, 7) is -0.354. The van der Waals surface area contributed by atoms with Crippen molar-refractivity contribution in [3.63, 3.8) is 0 Å². The lowest BCUT2D eigenvalue weighted by Crippen LogP contribution is -2.39. The number of nitrogens with one attached hydrogen (secondary N) is 2. The van der Waals surface area contributed by atoms with Gasteiger partial charge in [-0.1, -0.05) is 12.8 Å². The maximum absolute atomic E-state index is 11.8. The molecule has 1 aromatic heterocycles. The van der Waals surface area contributed by atoms with Crippen LogP contribution in [0.3, 0.4) is 0 Å². The minimum Gasteiger partial charge on any atom is -0.352 e. The number of carbonyl (C=O) groups excluding carboxylic acids is 1. The highest BCUT2D eigenvalue weighted by atomic mass is 16.6. The van der Waals surface area contributed by atoms with E-state index in [0.717, 1.165) is 36.4 Å². The second-order valence-electron chi connectivity index (χ2n) is 4.71. The molecule has 1 aliphatic carbocycles. The number of nitrogens with zero attached hydrogens (tertiary/aromatic N) is 2. The zero-order chi connectivity index (χ0) is 14.7. The molecule has 20 heavy (non-hydrogen) atoms. The summed E-state index contributed by atoms with van der Waals surface area (Å²) in [5.41, 5.74) is -2.69. The summed E-state index contributed by atoms with van der Waals surface area (Å²) in [5.74, 6) is -0.402. The molecule has 0 bridgehead atoms. The molecule has 108 valence electrons. The fourth-order valence-electron chi connectivity index (χ4n) is 2.24. The maximum atomic E-state index is 11.8. The van der Waals surface area contributed by atoms with Crippen LogP contribution in [0.4, 0.5) is 5.69 Å². The Bertz CT molecular complexity index is 641. The van der Waals surface area contributed by atoms with Gasteiger partial charge in [-0.25, -0.2) is 4.79 Å². The molecule has 1 fully saturated rings. The highest BCUT2D eigenvalue weighted by molar-refractivity contribution is 5.76. The predicted molar refractivity (Wildman–Crippen MR) is 68.4 cm³/mol. The van der Waals surface area contributed by atoms with Gasteiger partial charge in [0.15, 0.2) is 0 Å². The van der Waals surface area contributed by atoms with Crippen LogP contribution in [-0.2, 0) is 11.3 Å². The molecule has 1 amide bonds. The van der Waals surface area contributed by atoms with Crippen molar-refractivity contribution in [3.8, 4) is 0 Å². The molecule has 0 aliphatic heterocycles. The van der Waals surface area contributed by atoms with Crippen molar-refractivity contribution in [3.05, 3.63) is 37.1 Å². The molecule has 9 heteroatoms. The van der Waals surface area contributed by atoms with Crippen LogP contribution in [0.15, 0.2) is 15.8 Å². The fourth-order valence-corrected chi connectivity index (χ4v) is 2.24. The summed E-state index contributed by atoms with van der Waals surface area (Å²) in [6.07, 6.45) is 4.68. The third-order valence-corrected chi connectivity index (χ3v) is 3.22. The van der Waals surface area contributed by atoms with Gasteiger partial charge in [0.1, 0.15) is 6.54 Å². The fraction of sp³-hybridized carbons (Fsp3) is 0.545. The third kappa shape index (κ3) is 3.11. The van der Waals surface area contributed by atoms with Gasteiger partial charge in [-0.15, -0.1) is 0 Å². The van der Waals surface area contributed by atoms with Crippen molar-refractivity contribution < 1.29 is 9.72 Å². The molecule has 0 aromatic carbocycles. The number of aromatic amines is 1. The Morgan fingerprint density at radius 1 is 1.45 bits per heavy atom. The minimum absolute atomic E-state index is 0.0935. The van der Waals surface area contributed by atoms with Crippen LogP contribution in [-0.4, -0.2) is 26.4 Å². The number of hydrogen-bond donors (Lipinski definition) is 2. The summed E-state index contributed by atoms with van der Waals surface area (Å²) in [5, 5.41) is 13.4. The highest BCUT2D eigenvalue weighted by Gasteiger charge is 2.19. The SMILES string of the molecule is O=C(Cn1cc([N+](=O)[O-])c(=O)[nH]c1=O)NC1CCCC1. The Balaban J connectivity index is 2.14. The van der Waals surface area contributed by atoms with Gasteiger partial charge < -0.3 is 5.32 Å². The topological polar surface area (TPSA) is 127 Å². The zero-order valence-corrected chi connectivity index (χ0v) is 10.6. The van der Waals surface area contributed by atoms with Crippen molar-refractivity contribution in [2.24, 2.45) is 0 Å². The molecule has 0 radical (unpaired) electrons. The van der Waals surface area contributed by atoms with E-state index in [1.165, 1.54) is 0 Å². The molecular weight excluding hydrogens is 268 g/mol. The van der Waals surface area contributed by atoms with Gasteiger partial charge in [0.25, 0.3) is 0 Å². The second-order valence-corrected chi connectivity index (χ2v) is 4.71. The van der Waals surface area contributed by atoms with Crippen LogP contribution in [0.5, 0.6) is 0 Å². The number of amides is 1. The number of aromatic nitrogens is 2. The van der Waals surface area contributed by atoms with E-state index < -0.39 is 27.8 Å². The van der Waals surface area contributed by atoms with Crippen molar-refractivity contribution in [1.29, 1.82) is 0 Å². The van der Waals surface area contributed by atoms with E-state index in [1.807, 2.05) is 4.98 Å². The average molecular weight is 282 g/mol. The lowest BCUT2D eigenvalue weighted by atomic mass is 10.2. The molecule has 0 spiro atoms. The first-order valence-corrected chi connectivity index (χ1v) is 6.25. The van der Waals surface area contributed by atoms with Gasteiger partial charge >= 0.3 is 16.9 Å². The van der Waals surface area contributed by atoms with E-state index in [1.54, 1.807) is 0 Å². The Labute approximate surface area is 112 Å². The van der Waals surface area contributed by atoms with Gasteiger partial charge in [0.05, 0.1) is 11.1 Å². The Morgan fingerprint density at radius 3 is 2.70 bits per heavy atom. The molecule has 2 N–H and O–H groups in total. The number of rotatable bonds is 4. The van der Waals surface area contributed by atoms with Crippen molar-refractivity contribution in [1.82, 2.24) is 14.9 Å². The van der Waals surface area contributed by atoms with Crippen LogP contribution < -0.4 is 16.6 Å². The summed E-state index contributed by atoms with van der Waals surface area (Å²) in [6, 6.07) is 0.0935. The lowest BCUT2D eigenvalue weighted by molar-refractivity contribution is -0.386. The van der Waals surface area contributed by atoms with Gasteiger partial charge in [0, 0.05) is 6.04 Å². The van der Waals surface area contributed by atoms with E-state index in [0.29, 0.717) is 0 Å². The Hall–Kier alpha value is -2.45. The summed E-state index contributed by atoms with van der Waals surface area (Å²) in [4.78, 5) is 46.0. The molecule has 1 aromatic rings. The second kappa shape index (κ2) is 5.68. The van der Waals surface area contributed by atoms with E-state index in [9.17, 15) is 24.5 Å². The first-order chi connectivity index (χ1) is 9.47. The molecule has 0 saturated heterocycles. The first-order valence-electron chi connectivity index (χ1n) is 6.25. The molecule has 0 atom stereocenters. The van der Waals surface area contributed by atoms with Crippen LogP contribution in [0.1, 0.15) is 25.7 Å². The minimum atomic E-state index is -1.08. The number of hydrogen-bond acceptors (Lipinski definition) is 5. The molecule has 1 aliphatic rings. The van der Waals surface area contributed by atoms with Gasteiger partial charge in [-0.05, 0) is 12.8 Å². The Morgan fingerprint density at radius 2 is 2.10 bits per heavy atom. The molecule has 2 rings (SSSR count). The molecule has 0 unspecified atom stereocenters.